The summed E-state index contributed by atoms with van der Waals surface area (Å²) in [4.78, 5) is 24.1. The summed E-state index contributed by atoms with van der Waals surface area (Å²) >= 11 is 0. The number of nitrogens with one attached hydrogen (secondary N) is 1. The number of amides is 1. The van der Waals surface area contributed by atoms with Gasteiger partial charge in [0.1, 0.15) is 0 Å². The van der Waals surface area contributed by atoms with E-state index in [2.05, 4.69) is 26.1 Å². The topological polar surface area (TPSA) is 89.5 Å². The van der Waals surface area contributed by atoms with Crippen molar-refractivity contribution in [1.29, 1.82) is 0 Å². The summed E-state index contributed by atoms with van der Waals surface area (Å²) in [6.45, 7) is 9.55. The third-order valence-corrected chi connectivity index (χ3v) is 4.45. The van der Waals surface area contributed by atoms with Crippen LogP contribution in [0.2, 0.25) is 0 Å². The minimum Gasteiger partial charge on any atom is -0.452 e. The van der Waals surface area contributed by atoms with Crippen molar-refractivity contribution in [2.24, 2.45) is 5.41 Å². The molecule has 140 valence electrons. The van der Waals surface area contributed by atoms with Crippen LogP contribution in [0.3, 0.4) is 0 Å². The largest absolute Gasteiger partial charge is 0.452 e. The van der Waals surface area contributed by atoms with Gasteiger partial charge in [0.15, 0.2) is 16.4 Å². The molecule has 0 heterocycles. The zero-order valence-corrected chi connectivity index (χ0v) is 16.5. The van der Waals surface area contributed by atoms with Gasteiger partial charge in [0, 0.05) is 11.8 Å². The molecule has 0 spiro atoms. The van der Waals surface area contributed by atoms with Gasteiger partial charge in [-0.1, -0.05) is 32.9 Å². The van der Waals surface area contributed by atoms with E-state index in [1.165, 1.54) is 24.3 Å². The van der Waals surface area contributed by atoms with Crippen LogP contribution < -0.4 is 5.32 Å². The SMILES string of the molecule is CC(C)(C)CC(C)(C)NC(=O)COC(=O)c1ccccc1S(C)(=O)=O. The molecule has 0 aliphatic carbocycles. The summed E-state index contributed by atoms with van der Waals surface area (Å²) in [5, 5.41) is 2.83. The highest BCUT2D eigenvalue weighted by molar-refractivity contribution is 7.90. The Balaban J connectivity index is 2.74. The Labute approximate surface area is 149 Å². The zero-order chi connectivity index (χ0) is 19.5. The fraction of sp³-hybridized carbons (Fsp3) is 0.556. The number of ether oxygens (including phenoxy) is 1. The maximum Gasteiger partial charge on any atom is 0.339 e. The Morgan fingerprint density at radius 2 is 1.64 bits per heavy atom. The predicted octanol–water partition coefficient (Wildman–Crippen LogP) is 2.58. The van der Waals surface area contributed by atoms with E-state index >= 15 is 0 Å². The normalized spacial score (nSPS) is 12.6. The lowest BCUT2D eigenvalue weighted by Gasteiger charge is -2.33. The summed E-state index contributed by atoms with van der Waals surface area (Å²) in [5.41, 5.74) is -0.499. The summed E-state index contributed by atoms with van der Waals surface area (Å²) < 4.78 is 28.4. The molecule has 0 aliphatic rings. The fourth-order valence-corrected chi connectivity index (χ4v) is 3.83. The molecule has 1 aromatic rings. The van der Waals surface area contributed by atoms with Crippen LogP contribution in [0, 0.1) is 5.41 Å². The van der Waals surface area contributed by atoms with Crippen LogP contribution in [0.4, 0.5) is 0 Å². The van der Waals surface area contributed by atoms with Gasteiger partial charge in [-0.25, -0.2) is 13.2 Å². The maximum atomic E-state index is 12.1. The number of carbonyl (C=O) groups excluding carboxylic acids is 2. The maximum absolute atomic E-state index is 12.1. The standard InChI is InChI=1S/C18H27NO5S/c1-17(2,3)12-18(4,5)19-15(20)11-24-16(21)13-9-7-8-10-14(13)25(6,22)23/h7-10H,11-12H2,1-6H3,(H,19,20). The van der Waals surface area contributed by atoms with E-state index in [0.29, 0.717) is 0 Å². The number of hydrogen-bond donors (Lipinski definition) is 1. The minimum atomic E-state index is -3.57. The summed E-state index contributed by atoms with van der Waals surface area (Å²) in [6.07, 6.45) is 1.76. The summed E-state index contributed by atoms with van der Waals surface area (Å²) in [7, 11) is -3.57. The molecule has 0 bridgehead atoms. The molecule has 1 amide bonds. The van der Waals surface area contributed by atoms with Gasteiger partial charge < -0.3 is 10.1 Å². The Bertz CT molecular complexity index is 745. The van der Waals surface area contributed by atoms with E-state index in [1.54, 1.807) is 0 Å². The number of benzene rings is 1. The highest BCUT2D eigenvalue weighted by atomic mass is 32.2. The first kappa shape index (κ1) is 21.2. The van der Waals surface area contributed by atoms with Gasteiger partial charge >= 0.3 is 5.97 Å². The molecule has 0 fully saturated rings. The highest BCUT2D eigenvalue weighted by Gasteiger charge is 2.27. The van der Waals surface area contributed by atoms with Gasteiger partial charge in [0.05, 0.1) is 10.5 Å². The molecule has 0 saturated heterocycles. The Kier molecular flexibility index (Phi) is 6.39. The average Bonchev–Trinajstić information content (AvgIpc) is 2.40. The number of rotatable bonds is 6. The summed E-state index contributed by atoms with van der Waals surface area (Å²) in [6, 6.07) is 5.76. The van der Waals surface area contributed by atoms with E-state index in [4.69, 9.17) is 4.74 Å². The third kappa shape index (κ3) is 7.25. The first-order valence-electron chi connectivity index (χ1n) is 7.98. The number of hydrogen-bond acceptors (Lipinski definition) is 5. The second kappa shape index (κ2) is 7.56. The lowest BCUT2D eigenvalue weighted by Crippen LogP contribution is -2.47. The van der Waals surface area contributed by atoms with Gasteiger partial charge in [-0.3, -0.25) is 4.79 Å². The van der Waals surface area contributed by atoms with E-state index in [0.717, 1.165) is 12.7 Å². The van der Waals surface area contributed by atoms with Crippen LogP contribution in [0.1, 0.15) is 51.4 Å². The molecule has 1 aromatic carbocycles. The highest BCUT2D eigenvalue weighted by Crippen LogP contribution is 2.26. The van der Waals surface area contributed by atoms with Crippen LogP contribution >= 0.6 is 0 Å². The van der Waals surface area contributed by atoms with E-state index in [-0.39, 0.29) is 15.9 Å². The van der Waals surface area contributed by atoms with Gasteiger partial charge in [-0.2, -0.15) is 0 Å². The summed E-state index contributed by atoms with van der Waals surface area (Å²) in [5.74, 6) is -1.27. The second-order valence-corrected chi connectivity index (χ2v) is 10.00. The third-order valence-electron chi connectivity index (χ3n) is 3.29. The van der Waals surface area contributed by atoms with Crippen molar-refractivity contribution in [3.05, 3.63) is 29.8 Å². The molecule has 0 saturated carbocycles. The van der Waals surface area contributed by atoms with Crippen molar-refractivity contribution in [3.63, 3.8) is 0 Å². The lowest BCUT2D eigenvalue weighted by molar-refractivity contribution is -0.126. The predicted molar refractivity (Wildman–Crippen MR) is 96.1 cm³/mol. The van der Waals surface area contributed by atoms with Crippen LogP contribution in [0.5, 0.6) is 0 Å². The van der Waals surface area contributed by atoms with Gasteiger partial charge in [0.25, 0.3) is 5.91 Å². The Hall–Kier alpha value is -1.89. The van der Waals surface area contributed by atoms with Crippen LogP contribution in [-0.4, -0.2) is 38.7 Å². The van der Waals surface area contributed by atoms with Crippen LogP contribution in [-0.2, 0) is 19.4 Å². The van der Waals surface area contributed by atoms with Crippen LogP contribution in [0.25, 0.3) is 0 Å². The molecule has 1 N–H and O–H groups in total. The van der Waals surface area contributed by atoms with Gasteiger partial charge in [-0.15, -0.1) is 0 Å². The number of sulfone groups is 1. The van der Waals surface area contributed by atoms with Crippen molar-refractivity contribution in [1.82, 2.24) is 5.32 Å². The quantitative estimate of drug-likeness (QED) is 0.779. The van der Waals surface area contributed by atoms with Gasteiger partial charge in [0.2, 0.25) is 0 Å². The molecule has 0 aliphatic heterocycles. The van der Waals surface area contributed by atoms with E-state index in [9.17, 15) is 18.0 Å². The zero-order valence-electron chi connectivity index (χ0n) is 15.7. The molecule has 0 radical (unpaired) electrons. The lowest BCUT2D eigenvalue weighted by atomic mass is 9.82. The Morgan fingerprint density at radius 3 is 2.16 bits per heavy atom. The molecule has 7 heteroatoms. The van der Waals surface area contributed by atoms with Crippen molar-refractivity contribution in [3.8, 4) is 0 Å². The second-order valence-electron chi connectivity index (χ2n) is 8.01. The molecule has 1 rings (SSSR count). The number of carbonyl (C=O) groups is 2. The minimum absolute atomic E-state index is 0.0296. The fourth-order valence-electron chi connectivity index (χ4n) is 2.95. The molecule has 0 unspecified atom stereocenters. The van der Waals surface area contributed by atoms with Crippen LogP contribution in [0.15, 0.2) is 29.2 Å². The van der Waals surface area contributed by atoms with Crippen molar-refractivity contribution < 1.29 is 22.7 Å². The molecule has 6 nitrogen and oxygen atoms in total. The monoisotopic (exact) mass is 369 g/mol. The van der Waals surface area contributed by atoms with Gasteiger partial charge in [-0.05, 0) is 37.8 Å². The molecular weight excluding hydrogens is 342 g/mol. The smallest absolute Gasteiger partial charge is 0.339 e. The van der Waals surface area contributed by atoms with Crippen molar-refractivity contribution >= 4 is 21.7 Å². The molecule has 25 heavy (non-hydrogen) atoms. The Morgan fingerprint density at radius 1 is 1.08 bits per heavy atom. The van der Waals surface area contributed by atoms with E-state index < -0.39 is 33.9 Å². The molecular formula is C18H27NO5S. The molecule has 0 atom stereocenters. The molecule has 0 aromatic heterocycles. The average molecular weight is 369 g/mol. The van der Waals surface area contributed by atoms with Crippen molar-refractivity contribution in [2.45, 2.75) is 51.5 Å². The first-order valence-corrected chi connectivity index (χ1v) is 9.88. The number of esters is 1. The van der Waals surface area contributed by atoms with E-state index in [1.807, 2.05) is 13.8 Å². The van der Waals surface area contributed by atoms with Crippen molar-refractivity contribution in [2.75, 3.05) is 12.9 Å². The first-order chi connectivity index (χ1) is 11.2.